The molecule has 0 unspecified atom stereocenters. The lowest BCUT2D eigenvalue weighted by Gasteiger charge is -2.23. The smallest absolute Gasteiger partial charge is 0.240 e. The summed E-state index contributed by atoms with van der Waals surface area (Å²) in [5.74, 6) is -0.675. The Labute approximate surface area is 147 Å². The van der Waals surface area contributed by atoms with Crippen LogP contribution in [-0.2, 0) is 14.8 Å². The monoisotopic (exact) mass is 364 g/mol. The lowest BCUT2D eigenvalue weighted by Crippen LogP contribution is -2.38. The van der Waals surface area contributed by atoms with Crippen molar-refractivity contribution in [3.05, 3.63) is 59.4 Å². The third-order valence-corrected chi connectivity index (χ3v) is 5.26. The molecule has 5 nitrogen and oxygen atoms in total. The zero-order chi connectivity index (χ0) is 18.6. The number of rotatable bonds is 6. The van der Waals surface area contributed by atoms with Crippen LogP contribution in [0, 0.1) is 19.7 Å². The number of aryl methyl sites for hydroxylation is 2. The lowest BCUT2D eigenvalue weighted by atomic mass is 10.1. The summed E-state index contributed by atoms with van der Waals surface area (Å²) in [5.41, 5.74) is 2.70. The summed E-state index contributed by atoms with van der Waals surface area (Å²) in [6.45, 7) is 5.51. The first-order valence-electron chi connectivity index (χ1n) is 7.81. The fourth-order valence-electron chi connectivity index (χ4n) is 2.45. The van der Waals surface area contributed by atoms with Gasteiger partial charge >= 0.3 is 0 Å². The molecule has 1 amide bonds. The van der Waals surface area contributed by atoms with E-state index in [9.17, 15) is 17.6 Å². The van der Waals surface area contributed by atoms with Gasteiger partial charge in [0.1, 0.15) is 5.82 Å². The highest BCUT2D eigenvalue weighted by molar-refractivity contribution is 7.89. The highest BCUT2D eigenvalue weighted by Crippen LogP contribution is 2.21. The van der Waals surface area contributed by atoms with Gasteiger partial charge in [0, 0.05) is 25.7 Å². The number of hydrogen-bond acceptors (Lipinski definition) is 3. The fourth-order valence-corrected chi connectivity index (χ4v) is 3.47. The highest BCUT2D eigenvalue weighted by Gasteiger charge is 2.17. The van der Waals surface area contributed by atoms with Crippen LogP contribution in [0.25, 0.3) is 0 Å². The predicted molar refractivity (Wildman–Crippen MR) is 95.5 cm³/mol. The molecule has 0 atom stereocenters. The minimum Gasteiger partial charge on any atom is -0.311 e. The van der Waals surface area contributed by atoms with E-state index in [1.54, 1.807) is 0 Å². The van der Waals surface area contributed by atoms with Crippen LogP contribution in [0.15, 0.2) is 47.4 Å². The molecule has 2 aromatic carbocycles. The van der Waals surface area contributed by atoms with Gasteiger partial charge in [-0.05, 0) is 55.3 Å². The topological polar surface area (TPSA) is 66.5 Å². The first-order valence-corrected chi connectivity index (χ1v) is 9.29. The van der Waals surface area contributed by atoms with Crippen LogP contribution in [0.1, 0.15) is 18.1 Å². The van der Waals surface area contributed by atoms with Crippen molar-refractivity contribution < 1.29 is 17.6 Å². The molecule has 0 aromatic heterocycles. The Hall–Kier alpha value is -2.25. The Bertz CT molecular complexity index is 864. The minimum atomic E-state index is -3.75. The summed E-state index contributed by atoms with van der Waals surface area (Å²) in [6.07, 6.45) is 0. The molecule has 0 radical (unpaired) electrons. The van der Waals surface area contributed by atoms with Crippen molar-refractivity contribution in [1.82, 2.24) is 4.72 Å². The van der Waals surface area contributed by atoms with E-state index in [-0.39, 0.29) is 23.9 Å². The van der Waals surface area contributed by atoms with E-state index < -0.39 is 15.8 Å². The molecule has 0 saturated carbocycles. The number of carbonyl (C=O) groups is 1. The molecule has 0 bridgehead atoms. The second-order valence-corrected chi connectivity index (χ2v) is 7.58. The maximum atomic E-state index is 12.9. The van der Waals surface area contributed by atoms with E-state index in [1.165, 1.54) is 24.0 Å². The number of nitrogens with one attached hydrogen (secondary N) is 1. The SMILES string of the molecule is CC(=O)N(CCNS(=O)(=O)c1ccc(F)cc1)c1cc(C)ccc1C. The molecule has 25 heavy (non-hydrogen) atoms. The zero-order valence-corrected chi connectivity index (χ0v) is 15.2. The fraction of sp³-hybridized carbons (Fsp3) is 0.278. The van der Waals surface area contributed by atoms with E-state index >= 15 is 0 Å². The average molecular weight is 364 g/mol. The largest absolute Gasteiger partial charge is 0.311 e. The Morgan fingerprint density at radius 2 is 1.76 bits per heavy atom. The summed E-state index contributed by atoms with van der Waals surface area (Å²) in [6, 6.07) is 10.3. The molecule has 7 heteroatoms. The van der Waals surface area contributed by atoms with Crippen molar-refractivity contribution in [2.24, 2.45) is 0 Å². The number of amides is 1. The molecule has 1 N–H and O–H groups in total. The Balaban J connectivity index is 2.10. The van der Waals surface area contributed by atoms with Gasteiger partial charge in [-0.3, -0.25) is 4.79 Å². The number of benzene rings is 2. The summed E-state index contributed by atoms with van der Waals surface area (Å²) in [4.78, 5) is 13.5. The van der Waals surface area contributed by atoms with Crippen molar-refractivity contribution in [3.8, 4) is 0 Å². The number of sulfonamides is 1. The van der Waals surface area contributed by atoms with Crippen molar-refractivity contribution >= 4 is 21.6 Å². The third kappa shape index (κ3) is 4.87. The van der Waals surface area contributed by atoms with E-state index in [0.717, 1.165) is 28.9 Å². The molecule has 0 spiro atoms. The van der Waals surface area contributed by atoms with Crippen LogP contribution >= 0.6 is 0 Å². The maximum absolute atomic E-state index is 12.9. The predicted octanol–water partition coefficient (Wildman–Crippen LogP) is 2.77. The summed E-state index contributed by atoms with van der Waals surface area (Å²) in [5, 5.41) is 0. The Kier molecular flexibility index (Phi) is 5.92. The molecule has 0 fully saturated rings. The average Bonchev–Trinajstić information content (AvgIpc) is 2.54. The molecular formula is C18H21FN2O3S. The third-order valence-electron chi connectivity index (χ3n) is 3.79. The number of hydrogen-bond donors (Lipinski definition) is 1. The van der Waals surface area contributed by atoms with Crippen molar-refractivity contribution in [2.45, 2.75) is 25.7 Å². The van der Waals surface area contributed by atoms with E-state index in [0.29, 0.717) is 0 Å². The first-order chi connectivity index (χ1) is 11.7. The number of anilines is 1. The Morgan fingerprint density at radius 1 is 1.12 bits per heavy atom. The van der Waals surface area contributed by atoms with Gasteiger partial charge in [0.05, 0.1) is 4.90 Å². The first kappa shape index (κ1) is 19.1. The van der Waals surface area contributed by atoms with Crippen molar-refractivity contribution in [2.75, 3.05) is 18.0 Å². The second-order valence-electron chi connectivity index (χ2n) is 5.81. The van der Waals surface area contributed by atoms with Gasteiger partial charge < -0.3 is 4.90 Å². The summed E-state index contributed by atoms with van der Waals surface area (Å²) in [7, 11) is -3.75. The van der Waals surface area contributed by atoms with Gasteiger partial charge in [0.25, 0.3) is 0 Å². The molecule has 0 aliphatic heterocycles. The van der Waals surface area contributed by atoms with Gasteiger partial charge in [-0.25, -0.2) is 17.5 Å². The minimum absolute atomic E-state index is 0.0185. The van der Waals surface area contributed by atoms with Crippen LogP contribution in [0.5, 0.6) is 0 Å². The van der Waals surface area contributed by atoms with Crippen LogP contribution in [-0.4, -0.2) is 27.4 Å². The van der Waals surface area contributed by atoms with E-state index in [1.807, 2.05) is 32.0 Å². The van der Waals surface area contributed by atoms with Gasteiger partial charge in [-0.2, -0.15) is 0 Å². The number of carbonyl (C=O) groups excluding carboxylic acids is 1. The molecular weight excluding hydrogens is 343 g/mol. The second kappa shape index (κ2) is 7.76. The zero-order valence-electron chi connectivity index (χ0n) is 14.4. The number of halogens is 1. The van der Waals surface area contributed by atoms with E-state index in [2.05, 4.69) is 4.72 Å². The van der Waals surface area contributed by atoms with Crippen molar-refractivity contribution in [1.29, 1.82) is 0 Å². The summed E-state index contributed by atoms with van der Waals surface area (Å²) >= 11 is 0. The normalized spacial score (nSPS) is 11.4. The Morgan fingerprint density at radius 3 is 2.36 bits per heavy atom. The van der Waals surface area contributed by atoms with Gasteiger partial charge in [-0.15, -0.1) is 0 Å². The van der Waals surface area contributed by atoms with Gasteiger partial charge in [-0.1, -0.05) is 12.1 Å². The van der Waals surface area contributed by atoms with Gasteiger partial charge in [0.15, 0.2) is 0 Å². The quantitative estimate of drug-likeness (QED) is 0.857. The number of nitrogens with zero attached hydrogens (tertiary/aromatic N) is 1. The summed E-state index contributed by atoms with van der Waals surface area (Å²) < 4.78 is 39.8. The maximum Gasteiger partial charge on any atom is 0.240 e. The molecule has 134 valence electrons. The van der Waals surface area contributed by atoms with Crippen LogP contribution in [0.4, 0.5) is 10.1 Å². The molecule has 2 rings (SSSR count). The van der Waals surface area contributed by atoms with Crippen LogP contribution in [0.2, 0.25) is 0 Å². The molecule has 0 aliphatic carbocycles. The van der Waals surface area contributed by atoms with Gasteiger partial charge in [0.2, 0.25) is 15.9 Å². The van der Waals surface area contributed by atoms with Crippen molar-refractivity contribution in [3.63, 3.8) is 0 Å². The molecule has 0 saturated heterocycles. The standard InChI is InChI=1S/C18H21FN2O3S/c1-13-4-5-14(2)18(12-13)21(15(3)22)11-10-20-25(23,24)17-8-6-16(19)7-9-17/h4-9,12,20H,10-11H2,1-3H3. The van der Waals surface area contributed by atoms with Crippen LogP contribution < -0.4 is 9.62 Å². The molecule has 0 aliphatic rings. The molecule has 0 heterocycles. The van der Waals surface area contributed by atoms with E-state index in [4.69, 9.17) is 0 Å². The van der Waals surface area contributed by atoms with Crippen LogP contribution in [0.3, 0.4) is 0 Å². The highest BCUT2D eigenvalue weighted by atomic mass is 32.2. The lowest BCUT2D eigenvalue weighted by molar-refractivity contribution is -0.116. The molecule has 2 aromatic rings.